The molecule has 18 heavy (non-hydrogen) atoms. The van der Waals surface area contributed by atoms with Gasteiger partial charge in [0.25, 0.3) is 0 Å². The first kappa shape index (κ1) is 15.4. The van der Waals surface area contributed by atoms with Crippen molar-refractivity contribution in [3.63, 3.8) is 0 Å². The Morgan fingerprint density at radius 2 is 2.00 bits per heavy atom. The summed E-state index contributed by atoms with van der Waals surface area (Å²) < 4.78 is 0. The van der Waals surface area contributed by atoms with Crippen molar-refractivity contribution in [1.82, 2.24) is 10.6 Å². The summed E-state index contributed by atoms with van der Waals surface area (Å²) in [6.45, 7) is 8.05. The first-order valence-electron chi connectivity index (χ1n) is 7.11. The largest absolute Gasteiger partial charge is 0.396 e. The van der Waals surface area contributed by atoms with Crippen LogP contribution < -0.4 is 10.6 Å². The lowest BCUT2D eigenvalue weighted by atomic mass is 10.0. The molecule has 1 rings (SSSR count). The van der Waals surface area contributed by atoms with Crippen LogP contribution in [0.25, 0.3) is 0 Å². The van der Waals surface area contributed by atoms with Crippen molar-refractivity contribution in [2.45, 2.75) is 52.5 Å². The maximum Gasteiger partial charge on any atom is 0.236 e. The highest BCUT2D eigenvalue weighted by atomic mass is 16.3. The van der Waals surface area contributed by atoms with Crippen molar-refractivity contribution in [2.75, 3.05) is 19.7 Å². The maximum absolute atomic E-state index is 11.8. The molecule has 0 heterocycles. The predicted molar refractivity (Wildman–Crippen MR) is 73.3 cm³/mol. The summed E-state index contributed by atoms with van der Waals surface area (Å²) >= 11 is 0. The normalized spacial score (nSPS) is 18.7. The second-order valence-electron chi connectivity index (χ2n) is 6.05. The number of nitrogens with one attached hydrogen (secondary N) is 2. The number of hydrogen-bond donors (Lipinski definition) is 3. The van der Waals surface area contributed by atoms with Gasteiger partial charge in [-0.25, -0.2) is 0 Å². The number of aliphatic hydroxyl groups excluding tert-OH is 1. The van der Waals surface area contributed by atoms with Crippen LogP contribution in [0.3, 0.4) is 0 Å². The van der Waals surface area contributed by atoms with Gasteiger partial charge in [0.2, 0.25) is 5.91 Å². The number of carbonyl (C=O) groups excluding carboxylic acids is 1. The Morgan fingerprint density at radius 1 is 1.33 bits per heavy atom. The van der Waals surface area contributed by atoms with Gasteiger partial charge in [0, 0.05) is 19.7 Å². The Bertz CT molecular complexity index is 263. The summed E-state index contributed by atoms with van der Waals surface area (Å²) in [6, 6.07) is -0.145. The fourth-order valence-electron chi connectivity index (χ4n) is 2.03. The van der Waals surface area contributed by atoms with Crippen molar-refractivity contribution in [3.05, 3.63) is 0 Å². The fraction of sp³-hybridized carbons (Fsp3) is 0.929. The summed E-state index contributed by atoms with van der Waals surface area (Å²) in [5, 5.41) is 15.2. The van der Waals surface area contributed by atoms with Gasteiger partial charge in [0.05, 0.1) is 6.04 Å². The highest BCUT2D eigenvalue weighted by molar-refractivity contribution is 5.81. The third-order valence-electron chi connectivity index (χ3n) is 3.80. The molecule has 0 aromatic carbocycles. The highest BCUT2D eigenvalue weighted by Gasteiger charge is 2.41. The maximum atomic E-state index is 11.8. The van der Waals surface area contributed by atoms with Crippen LogP contribution in [0.1, 0.15) is 46.5 Å². The average Bonchev–Trinajstić information content (AvgIpc) is 3.06. The van der Waals surface area contributed by atoms with Gasteiger partial charge in [-0.1, -0.05) is 13.8 Å². The minimum absolute atomic E-state index is 0.0791. The standard InChI is InChI=1S/C14H28N2O2/c1-11(2)4-8-15-13(18)12(3)16-10-14(5-6-14)7-9-17/h11-12,16-17H,4-10H2,1-3H3,(H,15,18). The van der Waals surface area contributed by atoms with Gasteiger partial charge in [0.15, 0.2) is 0 Å². The van der Waals surface area contributed by atoms with Crippen molar-refractivity contribution in [2.24, 2.45) is 11.3 Å². The first-order chi connectivity index (χ1) is 8.49. The minimum atomic E-state index is -0.145. The van der Waals surface area contributed by atoms with Crippen LogP contribution in [0.2, 0.25) is 0 Å². The summed E-state index contributed by atoms with van der Waals surface area (Å²) in [5.74, 6) is 0.698. The van der Waals surface area contributed by atoms with Crippen LogP contribution in [0, 0.1) is 11.3 Å². The molecule has 4 nitrogen and oxygen atoms in total. The van der Waals surface area contributed by atoms with Crippen LogP contribution in [0.4, 0.5) is 0 Å². The molecule has 1 fully saturated rings. The molecule has 1 unspecified atom stereocenters. The number of hydrogen-bond acceptors (Lipinski definition) is 3. The lowest BCUT2D eigenvalue weighted by molar-refractivity contribution is -0.122. The lowest BCUT2D eigenvalue weighted by Crippen LogP contribution is -2.44. The van der Waals surface area contributed by atoms with Crippen molar-refractivity contribution in [3.8, 4) is 0 Å². The Morgan fingerprint density at radius 3 is 2.50 bits per heavy atom. The van der Waals surface area contributed by atoms with E-state index in [0.717, 1.165) is 25.9 Å². The van der Waals surface area contributed by atoms with Crippen LogP contribution in [0.5, 0.6) is 0 Å². The molecule has 0 saturated heterocycles. The van der Waals surface area contributed by atoms with Crippen LogP contribution in [-0.2, 0) is 4.79 Å². The van der Waals surface area contributed by atoms with Gasteiger partial charge in [-0.15, -0.1) is 0 Å². The topological polar surface area (TPSA) is 61.4 Å². The SMILES string of the molecule is CC(C)CCNC(=O)C(C)NCC1(CCO)CC1. The van der Waals surface area contributed by atoms with Crippen molar-refractivity contribution >= 4 is 5.91 Å². The van der Waals surface area contributed by atoms with E-state index >= 15 is 0 Å². The lowest BCUT2D eigenvalue weighted by Gasteiger charge is -2.19. The van der Waals surface area contributed by atoms with E-state index in [1.165, 1.54) is 12.8 Å². The van der Waals surface area contributed by atoms with E-state index in [9.17, 15) is 4.79 Å². The van der Waals surface area contributed by atoms with Gasteiger partial charge >= 0.3 is 0 Å². The molecule has 4 heteroatoms. The zero-order valence-electron chi connectivity index (χ0n) is 12.0. The molecule has 1 saturated carbocycles. The smallest absolute Gasteiger partial charge is 0.236 e. The molecule has 0 radical (unpaired) electrons. The number of amides is 1. The molecule has 3 N–H and O–H groups in total. The molecule has 1 aliphatic carbocycles. The monoisotopic (exact) mass is 256 g/mol. The van der Waals surface area contributed by atoms with E-state index in [1.54, 1.807) is 0 Å². The minimum Gasteiger partial charge on any atom is -0.396 e. The van der Waals surface area contributed by atoms with Gasteiger partial charge in [0.1, 0.15) is 0 Å². The van der Waals surface area contributed by atoms with E-state index in [4.69, 9.17) is 5.11 Å². The molecule has 1 atom stereocenters. The second-order valence-corrected chi connectivity index (χ2v) is 6.05. The van der Waals surface area contributed by atoms with E-state index in [0.29, 0.717) is 5.92 Å². The van der Waals surface area contributed by atoms with Crippen LogP contribution in [0.15, 0.2) is 0 Å². The molecular weight excluding hydrogens is 228 g/mol. The zero-order chi connectivity index (χ0) is 13.6. The zero-order valence-corrected chi connectivity index (χ0v) is 12.0. The molecule has 0 aromatic heterocycles. The predicted octanol–water partition coefficient (Wildman–Crippen LogP) is 1.29. The van der Waals surface area contributed by atoms with E-state index in [2.05, 4.69) is 24.5 Å². The highest BCUT2D eigenvalue weighted by Crippen LogP contribution is 2.47. The number of carbonyl (C=O) groups is 1. The first-order valence-corrected chi connectivity index (χ1v) is 7.11. The van der Waals surface area contributed by atoms with E-state index in [-0.39, 0.29) is 24.0 Å². The third-order valence-corrected chi connectivity index (χ3v) is 3.80. The van der Waals surface area contributed by atoms with Crippen LogP contribution in [-0.4, -0.2) is 36.8 Å². The molecule has 0 bridgehead atoms. The molecule has 1 aliphatic rings. The molecule has 0 aliphatic heterocycles. The number of rotatable bonds is 9. The molecule has 106 valence electrons. The average molecular weight is 256 g/mol. The Balaban J connectivity index is 2.15. The Labute approximate surface area is 111 Å². The molecule has 0 aromatic rings. The van der Waals surface area contributed by atoms with E-state index < -0.39 is 0 Å². The van der Waals surface area contributed by atoms with Crippen molar-refractivity contribution < 1.29 is 9.90 Å². The van der Waals surface area contributed by atoms with Gasteiger partial charge in [-0.05, 0) is 43.9 Å². The fourth-order valence-corrected chi connectivity index (χ4v) is 2.03. The Hall–Kier alpha value is -0.610. The summed E-state index contributed by atoms with van der Waals surface area (Å²) in [5.41, 5.74) is 0.265. The van der Waals surface area contributed by atoms with Gasteiger partial charge in [-0.3, -0.25) is 4.79 Å². The molecular formula is C14H28N2O2. The second kappa shape index (κ2) is 7.10. The van der Waals surface area contributed by atoms with Crippen LogP contribution >= 0.6 is 0 Å². The summed E-state index contributed by atoms with van der Waals surface area (Å²) in [7, 11) is 0. The van der Waals surface area contributed by atoms with Gasteiger partial charge < -0.3 is 15.7 Å². The van der Waals surface area contributed by atoms with Crippen molar-refractivity contribution in [1.29, 1.82) is 0 Å². The molecule has 1 amide bonds. The summed E-state index contributed by atoms with van der Waals surface area (Å²) in [4.78, 5) is 11.8. The number of aliphatic hydroxyl groups is 1. The molecule has 0 spiro atoms. The van der Waals surface area contributed by atoms with E-state index in [1.807, 2.05) is 6.92 Å². The summed E-state index contributed by atoms with van der Waals surface area (Å²) in [6.07, 6.45) is 4.21. The quantitative estimate of drug-likeness (QED) is 0.582. The Kier molecular flexibility index (Phi) is 6.09. The third kappa shape index (κ3) is 5.36. The van der Waals surface area contributed by atoms with Gasteiger partial charge in [-0.2, -0.15) is 0 Å².